The monoisotopic (exact) mass is 203 g/mol. The summed E-state index contributed by atoms with van der Waals surface area (Å²) in [4.78, 5) is 21.7. The summed E-state index contributed by atoms with van der Waals surface area (Å²) in [5.74, 6) is -1.18. The molecule has 0 atom stereocenters. The first-order chi connectivity index (χ1) is 5.66. The van der Waals surface area contributed by atoms with Gasteiger partial charge in [-0.15, -0.1) is 12.4 Å². The SMILES string of the molecule is CCn1cccc(C(=O)O)c1=O.Cl. The molecule has 1 N–H and O–H groups in total. The summed E-state index contributed by atoms with van der Waals surface area (Å²) in [6.45, 7) is 2.27. The molecular weight excluding hydrogens is 194 g/mol. The normalized spacial score (nSPS) is 9.00. The van der Waals surface area contributed by atoms with Crippen LogP contribution in [0.2, 0.25) is 0 Å². The number of hydrogen-bond donors (Lipinski definition) is 1. The first-order valence-electron chi connectivity index (χ1n) is 3.59. The molecule has 72 valence electrons. The molecule has 1 aromatic rings. The summed E-state index contributed by atoms with van der Waals surface area (Å²) in [6.07, 6.45) is 1.56. The predicted molar refractivity (Wildman–Crippen MR) is 50.6 cm³/mol. The number of pyridine rings is 1. The van der Waals surface area contributed by atoms with Crippen molar-refractivity contribution in [3.63, 3.8) is 0 Å². The number of halogens is 1. The first kappa shape index (κ1) is 11.7. The molecule has 0 aliphatic heterocycles. The van der Waals surface area contributed by atoms with Crippen molar-refractivity contribution < 1.29 is 9.90 Å². The van der Waals surface area contributed by atoms with Crippen molar-refractivity contribution >= 4 is 18.4 Å². The molecule has 0 bridgehead atoms. The Morgan fingerprint density at radius 2 is 2.23 bits per heavy atom. The van der Waals surface area contributed by atoms with Gasteiger partial charge in [0.1, 0.15) is 5.56 Å². The lowest BCUT2D eigenvalue weighted by molar-refractivity contribution is 0.0694. The second-order valence-electron chi connectivity index (χ2n) is 2.32. The fourth-order valence-corrected chi connectivity index (χ4v) is 0.949. The van der Waals surface area contributed by atoms with Gasteiger partial charge in [-0.2, -0.15) is 0 Å². The van der Waals surface area contributed by atoms with Crippen molar-refractivity contribution in [2.75, 3.05) is 0 Å². The van der Waals surface area contributed by atoms with Gasteiger partial charge in [0.2, 0.25) is 0 Å². The third-order valence-electron chi connectivity index (χ3n) is 1.59. The van der Waals surface area contributed by atoms with Crippen LogP contribution in [0.25, 0.3) is 0 Å². The van der Waals surface area contributed by atoms with E-state index >= 15 is 0 Å². The molecule has 1 heterocycles. The maximum Gasteiger partial charge on any atom is 0.341 e. The van der Waals surface area contributed by atoms with Gasteiger partial charge in [-0.05, 0) is 19.1 Å². The number of aryl methyl sites for hydroxylation is 1. The van der Waals surface area contributed by atoms with Crippen molar-refractivity contribution in [1.82, 2.24) is 4.57 Å². The van der Waals surface area contributed by atoms with Gasteiger partial charge >= 0.3 is 5.97 Å². The fourth-order valence-electron chi connectivity index (χ4n) is 0.949. The van der Waals surface area contributed by atoms with E-state index in [1.54, 1.807) is 19.2 Å². The Kier molecular flexibility index (Phi) is 4.20. The van der Waals surface area contributed by atoms with E-state index in [-0.39, 0.29) is 18.0 Å². The number of carboxylic acid groups (broad SMARTS) is 1. The molecule has 1 rings (SSSR count). The molecule has 0 saturated carbocycles. The zero-order chi connectivity index (χ0) is 9.14. The standard InChI is InChI=1S/C8H9NO3.ClH/c1-2-9-5-3-4-6(7(9)10)8(11)12;/h3-5H,2H2,1H3,(H,11,12);1H. The van der Waals surface area contributed by atoms with Gasteiger partial charge in [0.25, 0.3) is 5.56 Å². The minimum atomic E-state index is -1.18. The van der Waals surface area contributed by atoms with Crippen LogP contribution in [-0.2, 0) is 6.54 Å². The average molecular weight is 204 g/mol. The molecule has 0 unspecified atom stereocenters. The van der Waals surface area contributed by atoms with Gasteiger partial charge < -0.3 is 9.67 Å². The van der Waals surface area contributed by atoms with Crippen LogP contribution in [0.15, 0.2) is 23.1 Å². The number of nitrogens with zero attached hydrogens (tertiary/aromatic N) is 1. The minimum absolute atomic E-state index is 0. The number of aromatic nitrogens is 1. The summed E-state index contributed by atoms with van der Waals surface area (Å²) < 4.78 is 1.35. The highest BCUT2D eigenvalue weighted by atomic mass is 35.5. The highest BCUT2D eigenvalue weighted by molar-refractivity contribution is 5.86. The van der Waals surface area contributed by atoms with E-state index in [0.29, 0.717) is 6.54 Å². The van der Waals surface area contributed by atoms with Gasteiger partial charge in [-0.1, -0.05) is 0 Å². The lowest BCUT2D eigenvalue weighted by Gasteiger charge is -2.00. The third kappa shape index (κ3) is 2.32. The van der Waals surface area contributed by atoms with Crippen molar-refractivity contribution in [1.29, 1.82) is 0 Å². The van der Waals surface area contributed by atoms with E-state index in [0.717, 1.165) is 0 Å². The highest BCUT2D eigenvalue weighted by Gasteiger charge is 2.08. The second-order valence-corrected chi connectivity index (χ2v) is 2.32. The Hall–Kier alpha value is -1.29. The van der Waals surface area contributed by atoms with Crippen molar-refractivity contribution in [2.45, 2.75) is 13.5 Å². The third-order valence-corrected chi connectivity index (χ3v) is 1.59. The molecule has 5 heteroatoms. The molecule has 13 heavy (non-hydrogen) atoms. The second kappa shape index (κ2) is 4.67. The predicted octanol–water partition coefficient (Wildman–Crippen LogP) is 0.988. The molecule has 0 fully saturated rings. The van der Waals surface area contributed by atoms with Crippen molar-refractivity contribution in [2.24, 2.45) is 0 Å². The summed E-state index contributed by atoms with van der Waals surface area (Å²) in [5, 5.41) is 8.57. The van der Waals surface area contributed by atoms with Crippen LogP contribution < -0.4 is 5.56 Å². The van der Waals surface area contributed by atoms with Crippen LogP contribution in [0.4, 0.5) is 0 Å². The molecule has 0 aromatic carbocycles. The lowest BCUT2D eigenvalue weighted by Crippen LogP contribution is -2.24. The van der Waals surface area contributed by atoms with Gasteiger partial charge in [0, 0.05) is 12.7 Å². The Balaban J connectivity index is 0.00000144. The minimum Gasteiger partial charge on any atom is -0.477 e. The van der Waals surface area contributed by atoms with E-state index in [4.69, 9.17) is 5.11 Å². The quantitative estimate of drug-likeness (QED) is 0.780. The molecule has 1 aromatic heterocycles. The van der Waals surface area contributed by atoms with Crippen molar-refractivity contribution in [3.8, 4) is 0 Å². The Bertz CT molecular complexity index is 359. The van der Waals surface area contributed by atoms with Crippen LogP contribution >= 0.6 is 12.4 Å². The average Bonchev–Trinajstić information content (AvgIpc) is 2.04. The molecule has 0 aliphatic rings. The highest BCUT2D eigenvalue weighted by Crippen LogP contribution is 1.91. The Labute approximate surface area is 81.2 Å². The van der Waals surface area contributed by atoms with E-state index < -0.39 is 11.5 Å². The number of carboxylic acids is 1. The zero-order valence-corrected chi connectivity index (χ0v) is 7.87. The van der Waals surface area contributed by atoms with Gasteiger partial charge in [-0.25, -0.2) is 4.79 Å². The Morgan fingerprint density at radius 1 is 1.62 bits per heavy atom. The van der Waals surface area contributed by atoms with Crippen LogP contribution in [0.1, 0.15) is 17.3 Å². The van der Waals surface area contributed by atoms with Crippen LogP contribution in [0.5, 0.6) is 0 Å². The molecule has 0 amide bonds. The maximum absolute atomic E-state index is 11.2. The molecular formula is C8H10ClNO3. The van der Waals surface area contributed by atoms with Gasteiger partial charge in [0.05, 0.1) is 0 Å². The van der Waals surface area contributed by atoms with Gasteiger partial charge in [-0.3, -0.25) is 4.79 Å². The summed E-state index contributed by atoms with van der Waals surface area (Å²) >= 11 is 0. The molecule has 0 saturated heterocycles. The van der Waals surface area contributed by atoms with E-state index in [1.165, 1.54) is 10.6 Å². The fraction of sp³-hybridized carbons (Fsp3) is 0.250. The maximum atomic E-state index is 11.2. The Morgan fingerprint density at radius 3 is 2.69 bits per heavy atom. The van der Waals surface area contributed by atoms with E-state index in [1.807, 2.05) is 0 Å². The smallest absolute Gasteiger partial charge is 0.341 e. The topological polar surface area (TPSA) is 59.3 Å². The molecule has 0 spiro atoms. The number of rotatable bonds is 2. The van der Waals surface area contributed by atoms with E-state index in [9.17, 15) is 9.59 Å². The van der Waals surface area contributed by atoms with Crippen LogP contribution in [0.3, 0.4) is 0 Å². The molecule has 0 aliphatic carbocycles. The van der Waals surface area contributed by atoms with Crippen LogP contribution in [-0.4, -0.2) is 15.6 Å². The zero-order valence-electron chi connectivity index (χ0n) is 7.06. The largest absolute Gasteiger partial charge is 0.477 e. The first-order valence-corrected chi connectivity index (χ1v) is 3.59. The molecule has 0 radical (unpaired) electrons. The number of aromatic carboxylic acids is 1. The molecule has 4 nitrogen and oxygen atoms in total. The van der Waals surface area contributed by atoms with Crippen LogP contribution in [0, 0.1) is 0 Å². The summed E-state index contributed by atoms with van der Waals surface area (Å²) in [7, 11) is 0. The lowest BCUT2D eigenvalue weighted by atomic mass is 10.3. The summed E-state index contributed by atoms with van der Waals surface area (Å²) in [5.41, 5.74) is -0.633. The van der Waals surface area contributed by atoms with E-state index in [2.05, 4.69) is 0 Å². The number of hydrogen-bond acceptors (Lipinski definition) is 2. The summed E-state index contributed by atoms with van der Waals surface area (Å²) in [6, 6.07) is 2.85. The van der Waals surface area contributed by atoms with Gasteiger partial charge in [0.15, 0.2) is 0 Å². The van der Waals surface area contributed by atoms with Crippen molar-refractivity contribution in [3.05, 3.63) is 34.2 Å². The number of carbonyl (C=O) groups is 1.